The highest BCUT2D eigenvalue weighted by Gasteiger charge is 2.26. The van der Waals surface area contributed by atoms with Gasteiger partial charge < -0.3 is 16.6 Å². The molecule has 1 heterocycles. The third-order valence-corrected chi connectivity index (χ3v) is 2.99. The number of nitrogens with two attached hydrogens (primary N) is 2. The second-order valence-corrected chi connectivity index (χ2v) is 4.17. The maximum absolute atomic E-state index is 10.8. The molecule has 2 unspecified atom stereocenters. The Morgan fingerprint density at radius 3 is 2.93 bits per heavy atom. The summed E-state index contributed by atoms with van der Waals surface area (Å²) in [6, 6.07) is -0.109. The van der Waals surface area contributed by atoms with Gasteiger partial charge in [-0.1, -0.05) is 0 Å². The lowest BCUT2D eigenvalue weighted by atomic mass is 10.1. The topological polar surface area (TPSA) is 92.6 Å². The fourth-order valence-electron chi connectivity index (χ4n) is 2.13. The number of amides is 1. The number of primary amides is 1. The smallest absolute Gasteiger partial charge is 0.235 e. The third-order valence-electron chi connectivity index (χ3n) is 2.99. The van der Waals surface area contributed by atoms with Crippen molar-refractivity contribution in [3.63, 3.8) is 0 Å². The number of aliphatic hydroxyl groups is 1. The lowest BCUT2D eigenvalue weighted by Gasteiger charge is -2.26. The number of rotatable bonds is 6. The maximum atomic E-state index is 10.8. The van der Waals surface area contributed by atoms with Gasteiger partial charge in [-0.2, -0.15) is 0 Å². The molecule has 5 N–H and O–H groups in total. The Bertz CT molecular complexity index is 211. The first-order valence-electron chi connectivity index (χ1n) is 5.55. The summed E-state index contributed by atoms with van der Waals surface area (Å²) in [5, 5.41) is 8.77. The quantitative estimate of drug-likeness (QED) is 0.532. The largest absolute Gasteiger partial charge is 0.396 e. The van der Waals surface area contributed by atoms with Gasteiger partial charge in [-0.05, 0) is 32.2 Å². The molecule has 0 aromatic heterocycles. The third kappa shape index (κ3) is 3.77. The molecule has 0 aliphatic carbocycles. The van der Waals surface area contributed by atoms with Crippen molar-refractivity contribution in [2.75, 3.05) is 19.7 Å². The molecule has 15 heavy (non-hydrogen) atoms. The van der Waals surface area contributed by atoms with Crippen LogP contribution in [0, 0.1) is 0 Å². The van der Waals surface area contributed by atoms with Gasteiger partial charge in [0.15, 0.2) is 0 Å². The van der Waals surface area contributed by atoms with Crippen LogP contribution in [0.4, 0.5) is 0 Å². The molecule has 1 rings (SSSR count). The molecular weight excluding hydrogens is 194 g/mol. The van der Waals surface area contributed by atoms with Gasteiger partial charge in [-0.25, -0.2) is 0 Å². The Hall–Kier alpha value is -0.650. The molecule has 0 bridgehead atoms. The van der Waals surface area contributed by atoms with E-state index in [1.54, 1.807) is 0 Å². The van der Waals surface area contributed by atoms with Crippen molar-refractivity contribution in [1.29, 1.82) is 0 Å². The molecule has 5 nitrogen and oxygen atoms in total. The first kappa shape index (κ1) is 12.4. The molecule has 0 saturated carbocycles. The van der Waals surface area contributed by atoms with Crippen molar-refractivity contribution in [2.24, 2.45) is 11.5 Å². The fourth-order valence-corrected chi connectivity index (χ4v) is 2.13. The van der Waals surface area contributed by atoms with Crippen molar-refractivity contribution in [3.05, 3.63) is 0 Å². The van der Waals surface area contributed by atoms with Gasteiger partial charge in [0.2, 0.25) is 5.91 Å². The number of carbonyl (C=O) groups excluding carboxylic acids is 1. The van der Waals surface area contributed by atoms with Crippen molar-refractivity contribution in [3.8, 4) is 0 Å². The lowest BCUT2D eigenvalue weighted by molar-refractivity contribution is -0.119. The number of nitrogens with zero attached hydrogens (tertiary/aromatic N) is 1. The molecule has 0 radical (unpaired) electrons. The zero-order valence-corrected chi connectivity index (χ0v) is 9.06. The first-order chi connectivity index (χ1) is 7.15. The van der Waals surface area contributed by atoms with E-state index in [0.29, 0.717) is 12.6 Å². The summed E-state index contributed by atoms with van der Waals surface area (Å²) in [5.41, 5.74) is 10.8. The second-order valence-electron chi connectivity index (χ2n) is 4.17. The van der Waals surface area contributed by atoms with Crippen molar-refractivity contribution >= 4 is 5.91 Å². The molecule has 1 fully saturated rings. The molecule has 0 aromatic carbocycles. The second kappa shape index (κ2) is 6.05. The van der Waals surface area contributed by atoms with E-state index in [0.717, 1.165) is 32.2 Å². The van der Waals surface area contributed by atoms with Gasteiger partial charge in [0.25, 0.3) is 0 Å². The van der Waals surface area contributed by atoms with Crippen LogP contribution in [0.2, 0.25) is 0 Å². The average Bonchev–Trinajstić information content (AvgIpc) is 2.62. The first-order valence-corrected chi connectivity index (χ1v) is 5.55. The van der Waals surface area contributed by atoms with Gasteiger partial charge in [-0.15, -0.1) is 0 Å². The predicted molar refractivity (Wildman–Crippen MR) is 58.1 cm³/mol. The zero-order valence-electron chi connectivity index (χ0n) is 9.06. The number of hydrogen-bond donors (Lipinski definition) is 3. The zero-order chi connectivity index (χ0) is 11.3. The molecular formula is C10H21N3O2. The molecule has 1 amide bonds. The van der Waals surface area contributed by atoms with Gasteiger partial charge in [0.1, 0.15) is 0 Å². The normalized spacial score (nSPS) is 24.3. The maximum Gasteiger partial charge on any atom is 0.235 e. The van der Waals surface area contributed by atoms with Crippen LogP contribution in [-0.4, -0.2) is 47.7 Å². The summed E-state index contributed by atoms with van der Waals surface area (Å²) in [7, 11) is 0. The summed E-state index contributed by atoms with van der Waals surface area (Å²) in [5.74, 6) is -0.442. The highest BCUT2D eigenvalue weighted by atomic mass is 16.2. The Labute approximate surface area is 90.4 Å². The molecule has 2 atom stereocenters. The van der Waals surface area contributed by atoms with Gasteiger partial charge in [0, 0.05) is 19.2 Å². The fraction of sp³-hybridized carbons (Fsp3) is 0.900. The van der Waals surface area contributed by atoms with Crippen LogP contribution >= 0.6 is 0 Å². The van der Waals surface area contributed by atoms with Crippen LogP contribution in [0.5, 0.6) is 0 Å². The molecule has 0 spiro atoms. The van der Waals surface area contributed by atoms with Crippen molar-refractivity contribution in [2.45, 2.75) is 37.8 Å². The highest BCUT2D eigenvalue weighted by Crippen LogP contribution is 2.20. The summed E-state index contributed by atoms with van der Waals surface area (Å²) in [6.07, 6.45) is 4.06. The van der Waals surface area contributed by atoms with E-state index >= 15 is 0 Å². The minimum Gasteiger partial charge on any atom is -0.396 e. The van der Waals surface area contributed by atoms with Crippen LogP contribution in [0.3, 0.4) is 0 Å². The van der Waals surface area contributed by atoms with Crippen LogP contribution < -0.4 is 11.5 Å². The molecule has 88 valence electrons. The minimum absolute atomic E-state index is 0.228. The van der Waals surface area contributed by atoms with Crippen LogP contribution in [-0.2, 0) is 4.79 Å². The van der Waals surface area contributed by atoms with E-state index < -0.39 is 11.9 Å². The van der Waals surface area contributed by atoms with Crippen molar-refractivity contribution < 1.29 is 9.90 Å². The Morgan fingerprint density at radius 1 is 1.60 bits per heavy atom. The highest BCUT2D eigenvalue weighted by molar-refractivity contribution is 5.79. The van der Waals surface area contributed by atoms with Gasteiger partial charge in [-0.3, -0.25) is 9.69 Å². The van der Waals surface area contributed by atoms with E-state index in [-0.39, 0.29) is 6.61 Å². The Kier molecular flexibility index (Phi) is 5.01. The summed E-state index contributed by atoms with van der Waals surface area (Å²) in [4.78, 5) is 13.1. The molecule has 1 aliphatic rings. The summed E-state index contributed by atoms with van der Waals surface area (Å²) in [6.45, 7) is 1.76. The summed E-state index contributed by atoms with van der Waals surface area (Å²) < 4.78 is 0. The number of carbonyl (C=O) groups is 1. The number of likely N-dealkylation sites (tertiary alicyclic amines) is 1. The van der Waals surface area contributed by atoms with Crippen LogP contribution in [0.1, 0.15) is 25.7 Å². The predicted octanol–water partition coefficient (Wildman–Crippen LogP) is -0.964. The molecule has 5 heteroatoms. The van der Waals surface area contributed by atoms with Crippen LogP contribution in [0.15, 0.2) is 0 Å². The van der Waals surface area contributed by atoms with Gasteiger partial charge >= 0.3 is 0 Å². The average molecular weight is 215 g/mol. The SMILES string of the molecule is NC(=O)C(N)CN1CCCC1CCCO. The van der Waals surface area contributed by atoms with Crippen molar-refractivity contribution in [1.82, 2.24) is 4.90 Å². The van der Waals surface area contributed by atoms with Crippen LogP contribution in [0.25, 0.3) is 0 Å². The lowest BCUT2D eigenvalue weighted by Crippen LogP contribution is -2.47. The molecule has 0 aromatic rings. The number of aliphatic hydroxyl groups excluding tert-OH is 1. The van der Waals surface area contributed by atoms with Gasteiger partial charge in [0.05, 0.1) is 6.04 Å². The Morgan fingerprint density at radius 2 is 2.33 bits per heavy atom. The van der Waals surface area contributed by atoms with E-state index in [4.69, 9.17) is 16.6 Å². The molecule has 1 saturated heterocycles. The summed E-state index contributed by atoms with van der Waals surface area (Å²) >= 11 is 0. The number of hydrogen-bond acceptors (Lipinski definition) is 4. The monoisotopic (exact) mass is 215 g/mol. The standard InChI is InChI=1S/C10H21N3O2/c11-9(10(12)15)7-13-5-1-3-8(13)4-2-6-14/h8-9,14H,1-7,11H2,(H2,12,15). The van der Waals surface area contributed by atoms with E-state index in [1.165, 1.54) is 0 Å². The molecule has 1 aliphatic heterocycles. The van der Waals surface area contributed by atoms with E-state index in [2.05, 4.69) is 4.90 Å². The Balaban J connectivity index is 2.35. The minimum atomic E-state index is -0.570. The van der Waals surface area contributed by atoms with E-state index in [9.17, 15) is 4.79 Å². The van der Waals surface area contributed by atoms with E-state index in [1.807, 2.05) is 0 Å².